The summed E-state index contributed by atoms with van der Waals surface area (Å²) >= 11 is 1.22. The molecule has 5 nitrogen and oxygen atoms in total. The van der Waals surface area contributed by atoms with E-state index in [9.17, 15) is 9.59 Å². The van der Waals surface area contributed by atoms with Crippen LogP contribution >= 0.6 is 11.3 Å². The van der Waals surface area contributed by atoms with Crippen molar-refractivity contribution in [2.45, 2.75) is 47.3 Å². The van der Waals surface area contributed by atoms with Crippen LogP contribution in [0.25, 0.3) is 10.2 Å². The van der Waals surface area contributed by atoms with Crippen molar-refractivity contribution < 1.29 is 9.53 Å². The summed E-state index contributed by atoms with van der Waals surface area (Å²) < 4.78 is 6.82. The number of carbonyl (C=O) groups is 1. The minimum absolute atomic E-state index is 0.0916. The summed E-state index contributed by atoms with van der Waals surface area (Å²) in [6, 6.07) is 0. The highest BCUT2D eigenvalue weighted by Gasteiger charge is 2.21. The van der Waals surface area contributed by atoms with Crippen LogP contribution in [0.3, 0.4) is 0 Å². The highest BCUT2D eigenvalue weighted by molar-refractivity contribution is 7.20. The van der Waals surface area contributed by atoms with Crippen LogP contribution in [0, 0.1) is 12.8 Å². The Hall–Kier alpha value is -1.69. The third kappa shape index (κ3) is 3.15. The smallest absolute Gasteiger partial charge is 0.348 e. The molecular weight excluding hydrogens is 288 g/mol. The second-order valence-corrected chi connectivity index (χ2v) is 6.79. The first-order chi connectivity index (χ1) is 9.81. The maximum Gasteiger partial charge on any atom is 0.348 e. The number of aromatic nitrogens is 2. The van der Waals surface area contributed by atoms with Gasteiger partial charge in [-0.25, -0.2) is 9.78 Å². The molecule has 21 heavy (non-hydrogen) atoms. The molecule has 2 aromatic heterocycles. The van der Waals surface area contributed by atoms with Gasteiger partial charge in [-0.05, 0) is 32.3 Å². The lowest BCUT2D eigenvalue weighted by molar-refractivity contribution is 0.0383. The minimum Gasteiger partial charge on any atom is -0.459 e. The Morgan fingerprint density at radius 3 is 2.62 bits per heavy atom. The van der Waals surface area contributed by atoms with Gasteiger partial charge in [-0.3, -0.25) is 9.36 Å². The number of thiophene rings is 1. The average Bonchev–Trinajstić information content (AvgIpc) is 2.70. The second kappa shape index (κ2) is 5.97. The summed E-state index contributed by atoms with van der Waals surface area (Å²) in [5.74, 6) is -0.0356. The zero-order valence-electron chi connectivity index (χ0n) is 13.0. The van der Waals surface area contributed by atoms with Gasteiger partial charge in [0.05, 0.1) is 17.8 Å². The normalized spacial score (nSPS) is 11.6. The van der Waals surface area contributed by atoms with Crippen LogP contribution in [-0.2, 0) is 11.3 Å². The van der Waals surface area contributed by atoms with Crippen molar-refractivity contribution >= 4 is 27.5 Å². The van der Waals surface area contributed by atoms with Crippen molar-refractivity contribution in [1.82, 2.24) is 9.55 Å². The molecule has 0 amide bonds. The van der Waals surface area contributed by atoms with Crippen LogP contribution in [0.2, 0.25) is 0 Å². The molecule has 0 radical (unpaired) electrons. The Labute approximate surface area is 127 Å². The van der Waals surface area contributed by atoms with Crippen LogP contribution in [-0.4, -0.2) is 21.6 Å². The van der Waals surface area contributed by atoms with Crippen LogP contribution in [0.15, 0.2) is 11.1 Å². The highest BCUT2D eigenvalue weighted by atomic mass is 32.1. The first kappa shape index (κ1) is 15.7. The lowest BCUT2D eigenvalue weighted by atomic mass is 10.2. The van der Waals surface area contributed by atoms with E-state index in [2.05, 4.69) is 4.98 Å². The molecule has 6 heteroatoms. The molecule has 0 aliphatic rings. The van der Waals surface area contributed by atoms with Gasteiger partial charge in [0.15, 0.2) is 0 Å². The van der Waals surface area contributed by atoms with E-state index >= 15 is 0 Å². The van der Waals surface area contributed by atoms with Gasteiger partial charge in [0.1, 0.15) is 9.71 Å². The molecule has 0 unspecified atom stereocenters. The number of hydrogen-bond donors (Lipinski definition) is 0. The molecule has 0 aliphatic heterocycles. The van der Waals surface area contributed by atoms with Gasteiger partial charge < -0.3 is 4.74 Å². The lowest BCUT2D eigenvalue weighted by Crippen LogP contribution is -2.22. The van der Waals surface area contributed by atoms with E-state index in [4.69, 9.17) is 4.74 Å². The molecule has 114 valence electrons. The molecule has 2 heterocycles. The number of fused-ring (bicyclic) bond motifs is 1. The average molecular weight is 308 g/mol. The molecule has 2 aromatic rings. The largest absolute Gasteiger partial charge is 0.459 e. The Bertz CT molecular complexity index is 728. The summed E-state index contributed by atoms with van der Waals surface area (Å²) in [6.07, 6.45) is 1.37. The summed E-state index contributed by atoms with van der Waals surface area (Å²) in [5.41, 5.74) is 0.572. The standard InChI is InChI=1S/C15H20N2O3S/c1-8(2)6-17-7-16-13-11(14(17)18)10(5)12(21-13)15(19)20-9(3)4/h7-9H,6H2,1-5H3. The predicted molar refractivity (Wildman–Crippen MR) is 84.0 cm³/mol. The van der Waals surface area contributed by atoms with Gasteiger partial charge in [-0.1, -0.05) is 13.8 Å². The number of aryl methyl sites for hydroxylation is 1. The van der Waals surface area contributed by atoms with Gasteiger partial charge in [0, 0.05) is 6.54 Å². The molecule has 0 fully saturated rings. The number of ether oxygens (including phenoxy) is 1. The van der Waals surface area contributed by atoms with Gasteiger partial charge in [-0.2, -0.15) is 0 Å². The second-order valence-electron chi connectivity index (χ2n) is 5.79. The fraction of sp³-hybridized carbons (Fsp3) is 0.533. The van der Waals surface area contributed by atoms with E-state index in [0.29, 0.717) is 33.1 Å². The first-order valence-electron chi connectivity index (χ1n) is 7.00. The Morgan fingerprint density at radius 1 is 1.38 bits per heavy atom. The molecule has 0 atom stereocenters. The van der Waals surface area contributed by atoms with Crippen molar-refractivity contribution in [3.63, 3.8) is 0 Å². The zero-order chi connectivity index (χ0) is 15.7. The third-order valence-electron chi connectivity index (χ3n) is 3.01. The Kier molecular flexibility index (Phi) is 4.46. The number of nitrogens with zero attached hydrogens (tertiary/aromatic N) is 2. The summed E-state index contributed by atoms with van der Waals surface area (Å²) in [7, 11) is 0. The maximum absolute atomic E-state index is 12.5. The number of esters is 1. The van der Waals surface area contributed by atoms with Crippen LogP contribution in [0.1, 0.15) is 42.9 Å². The Balaban J connectivity index is 2.54. The van der Waals surface area contributed by atoms with Crippen molar-refractivity contribution in [3.05, 3.63) is 27.1 Å². The van der Waals surface area contributed by atoms with Gasteiger partial charge >= 0.3 is 5.97 Å². The van der Waals surface area contributed by atoms with Gasteiger partial charge in [0.2, 0.25) is 0 Å². The molecule has 0 N–H and O–H groups in total. The lowest BCUT2D eigenvalue weighted by Gasteiger charge is -2.08. The highest BCUT2D eigenvalue weighted by Crippen LogP contribution is 2.27. The predicted octanol–water partition coefficient (Wildman–Crippen LogP) is 2.99. The number of rotatable bonds is 4. The molecule has 0 saturated carbocycles. The van der Waals surface area contributed by atoms with Gasteiger partial charge in [0.25, 0.3) is 5.56 Å². The van der Waals surface area contributed by atoms with Crippen molar-refractivity contribution in [1.29, 1.82) is 0 Å². The summed E-state index contributed by atoms with van der Waals surface area (Å²) in [5, 5.41) is 0.527. The van der Waals surface area contributed by atoms with E-state index in [1.54, 1.807) is 31.7 Å². The Morgan fingerprint density at radius 2 is 2.05 bits per heavy atom. The molecule has 0 aromatic carbocycles. The van der Waals surface area contributed by atoms with Crippen molar-refractivity contribution in [2.75, 3.05) is 0 Å². The first-order valence-corrected chi connectivity index (χ1v) is 7.82. The van der Waals surface area contributed by atoms with E-state index in [1.165, 1.54) is 11.3 Å². The quantitative estimate of drug-likeness (QED) is 0.815. The van der Waals surface area contributed by atoms with E-state index in [-0.39, 0.29) is 17.6 Å². The van der Waals surface area contributed by atoms with E-state index in [0.717, 1.165) is 0 Å². The van der Waals surface area contributed by atoms with E-state index < -0.39 is 0 Å². The van der Waals surface area contributed by atoms with Crippen molar-refractivity contribution in [3.8, 4) is 0 Å². The molecule has 2 rings (SSSR count). The molecule has 0 bridgehead atoms. The topological polar surface area (TPSA) is 61.2 Å². The fourth-order valence-corrected chi connectivity index (χ4v) is 3.17. The molecular formula is C15H20N2O3S. The SMILES string of the molecule is Cc1c(C(=O)OC(C)C)sc2ncn(CC(C)C)c(=O)c12. The van der Waals surface area contributed by atoms with Crippen molar-refractivity contribution in [2.24, 2.45) is 5.92 Å². The zero-order valence-corrected chi connectivity index (χ0v) is 13.8. The van der Waals surface area contributed by atoms with Gasteiger partial charge in [-0.15, -0.1) is 11.3 Å². The monoisotopic (exact) mass is 308 g/mol. The summed E-state index contributed by atoms with van der Waals surface area (Å²) in [6.45, 7) is 10.1. The van der Waals surface area contributed by atoms with Crippen LogP contribution in [0.5, 0.6) is 0 Å². The van der Waals surface area contributed by atoms with E-state index in [1.807, 2.05) is 13.8 Å². The molecule has 0 saturated heterocycles. The molecule has 0 spiro atoms. The molecule has 0 aliphatic carbocycles. The number of hydrogen-bond acceptors (Lipinski definition) is 5. The van der Waals surface area contributed by atoms with Crippen LogP contribution < -0.4 is 5.56 Å². The third-order valence-corrected chi connectivity index (χ3v) is 4.19. The maximum atomic E-state index is 12.5. The number of carbonyl (C=O) groups excluding carboxylic acids is 1. The fourth-order valence-electron chi connectivity index (χ4n) is 2.14. The van der Waals surface area contributed by atoms with Crippen LogP contribution in [0.4, 0.5) is 0 Å². The minimum atomic E-state index is -0.389. The summed E-state index contributed by atoms with van der Waals surface area (Å²) in [4.78, 5) is 30.0.